The highest BCUT2D eigenvalue weighted by Gasteiger charge is 2.23. The summed E-state index contributed by atoms with van der Waals surface area (Å²) in [6.07, 6.45) is 0. The highest BCUT2D eigenvalue weighted by Crippen LogP contribution is 2.11. The third kappa shape index (κ3) is 4.34. The SMILES string of the molecule is CCOC(=O)/C(OCc1ccccc1)=C(/O)C(=O)O. The first-order valence-electron chi connectivity index (χ1n) is 5.56. The zero-order valence-electron chi connectivity index (χ0n) is 10.3. The molecule has 6 nitrogen and oxygen atoms in total. The number of hydrogen-bond acceptors (Lipinski definition) is 5. The van der Waals surface area contributed by atoms with Gasteiger partial charge in [-0.05, 0) is 12.5 Å². The molecule has 0 fully saturated rings. The standard InChI is InChI=1S/C13H14O6/c1-2-18-13(17)11(10(14)12(15)16)19-8-9-6-4-3-5-7-9/h3-7,14H,2,8H2,1H3,(H,15,16)/b11-10-. The summed E-state index contributed by atoms with van der Waals surface area (Å²) in [7, 11) is 0. The summed E-state index contributed by atoms with van der Waals surface area (Å²) in [4.78, 5) is 22.1. The number of carboxylic acid groups (broad SMARTS) is 1. The number of aliphatic carboxylic acids is 1. The monoisotopic (exact) mass is 266 g/mol. The van der Waals surface area contributed by atoms with Gasteiger partial charge in [-0.3, -0.25) is 0 Å². The van der Waals surface area contributed by atoms with Crippen molar-refractivity contribution in [2.45, 2.75) is 13.5 Å². The molecule has 19 heavy (non-hydrogen) atoms. The van der Waals surface area contributed by atoms with E-state index in [0.717, 1.165) is 5.56 Å². The predicted molar refractivity (Wildman–Crippen MR) is 65.2 cm³/mol. The molecule has 0 aliphatic carbocycles. The number of benzene rings is 1. The van der Waals surface area contributed by atoms with E-state index in [-0.39, 0.29) is 13.2 Å². The molecular weight excluding hydrogens is 252 g/mol. The van der Waals surface area contributed by atoms with Crippen molar-refractivity contribution in [3.63, 3.8) is 0 Å². The maximum absolute atomic E-state index is 11.5. The number of carboxylic acids is 1. The Morgan fingerprint density at radius 1 is 1.11 bits per heavy atom. The van der Waals surface area contributed by atoms with Crippen molar-refractivity contribution in [2.75, 3.05) is 6.61 Å². The third-order valence-electron chi connectivity index (χ3n) is 2.10. The molecule has 102 valence electrons. The van der Waals surface area contributed by atoms with Gasteiger partial charge < -0.3 is 19.7 Å². The minimum Gasteiger partial charge on any atom is -0.499 e. The first-order valence-corrected chi connectivity index (χ1v) is 5.56. The minimum atomic E-state index is -1.66. The van der Waals surface area contributed by atoms with E-state index in [9.17, 15) is 14.7 Å². The van der Waals surface area contributed by atoms with Gasteiger partial charge in [-0.15, -0.1) is 0 Å². The quantitative estimate of drug-likeness (QED) is 0.461. The Hall–Kier alpha value is -2.50. The molecule has 0 amide bonds. The van der Waals surface area contributed by atoms with Crippen LogP contribution in [0, 0.1) is 0 Å². The second-order valence-electron chi connectivity index (χ2n) is 3.48. The van der Waals surface area contributed by atoms with Gasteiger partial charge in [0.25, 0.3) is 11.5 Å². The fourth-order valence-corrected chi connectivity index (χ4v) is 1.25. The van der Waals surface area contributed by atoms with Crippen molar-refractivity contribution in [2.24, 2.45) is 0 Å². The van der Waals surface area contributed by atoms with E-state index in [2.05, 4.69) is 4.74 Å². The Morgan fingerprint density at radius 2 is 1.74 bits per heavy atom. The summed E-state index contributed by atoms with van der Waals surface area (Å²) in [5.74, 6) is -4.55. The first-order chi connectivity index (χ1) is 9.06. The van der Waals surface area contributed by atoms with Gasteiger partial charge in [0.2, 0.25) is 0 Å². The first kappa shape index (κ1) is 14.6. The Balaban J connectivity index is 2.84. The van der Waals surface area contributed by atoms with E-state index in [0.29, 0.717) is 0 Å². The number of esters is 1. The average Bonchev–Trinajstić information content (AvgIpc) is 2.40. The molecule has 0 saturated heterocycles. The second-order valence-corrected chi connectivity index (χ2v) is 3.48. The summed E-state index contributed by atoms with van der Waals surface area (Å²) in [6, 6.07) is 8.81. The lowest BCUT2D eigenvalue weighted by Crippen LogP contribution is -2.16. The highest BCUT2D eigenvalue weighted by molar-refractivity contribution is 5.96. The second kappa shape index (κ2) is 7.05. The van der Waals surface area contributed by atoms with Crippen LogP contribution in [0.2, 0.25) is 0 Å². The molecule has 6 heteroatoms. The zero-order valence-corrected chi connectivity index (χ0v) is 10.3. The van der Waals surface area contributed by atoms with Crippen molar-refractivity contribution in [1.82, 2.24) is 0 Å². The van der Waals surface area contributed by atoms with Crippen molar-refractivity contribution in [1.29, 1.82) is 0 Å². The summed E-state index contributed by atoms with van der Waals surface area (Å²) < 4.78 is 9.66. The number of ether oxygens (including phenoxy) is 2. The lowest BCUT2D eigenvalue weighted by molar-refractivity contribution is -0.145. The van der Waals surface area contributed by atoms with Crippen molar-refractivity contribution >= 4 is 11.9 Å². The number of carbonyl (C=O) groups is 2. The fraction of sp³-hybridized carbons (Fsp3) is 0.231. The van der Waals surface area contributed by atoms with Crippen molar-refractivity contribution in [3.05, 3.63) is 47.4 Å². The van der Waals surface area contributed by atoms with Crippen molar-refractivity contribution in [3.8, 4) is 0 Å². The molecule has 0 unspecified atom stereocenters. The van der Waals surface area contributed by atoms with Crippen LogP contribution in [-0.2, 0) is 25.7 Å². The number of aliphatic hydroxyl groups excluding tert-OH is 1. The minimum absolute atomic E-state index is 0.0456. The number of rotatable bonds is 6. The smallest absolute Gasteiger partial charge is 0.377 e. The predicted octanol–water partition coefficient (Wildman–Crippen LogP) is 1.62. The average molecular weight is 266 g/mol. The third-order valence-corrected chi connectivity index (χ3v) is 2.10. The number of carbonyl (C=O) groups excluding carboxylic acids is 1. The van der Waals surface area contributed by atoms with Gasteiger partial charge in [0, 0.05) is 0 Å². The van der Waals surface area contributed by atoms with Crippen LogP contribution in [-0.4, -0.2) is 28.8 Å². The van der Waals surface area contributed by atoms with Crippen LogP contribution in [0.4, 0.5) is 0 Å². The fourth-order valence-electron chi connectivity index (χ4n) is 1.25. The number of hydrogen-bond donors (Lipinski definition) is 2. The van der Waals surface area contributed by atoms with Crippen LogP contribution in [0.15, 0.2) is 41.9 Å². The van der Waals surface area contributed by atoms with Crippen LogP contribution >= 0.6 is 0 Å². The molecule has 0 saturated carbocycles. The Kier molecular flexibility index (Phi) is 5.40. The largest absolute Gasteiger partial charge is 0.499 e. The van der Waals surface area contributed by atoms with Crippen LogP contribution in [0.5, 0.6) is 0 Å². The highest BCUT2D eigenvalue weighted by atomic mass is 16.6. The molecule has 0 aliphatic rings. The molecule has 0 radical (unpaired) electrons. The molecule has 1 rings (SSSR count). The van der Waals surface area contributed by atoms with Gasteiger partial charge >= 0.3 is 11.9 Å². The Labute approximate surface area is 109 Å². The normalized spacial score (nSPS) is 11.4. The maximum Gasteiger partial charge on any atom is 0.377 e. The van der Waals surface area contributed by atoms with E-state index >= 15 is 0 Å². The topological polar surface area (TPSA) is 93.1 Å². The van der Waals surface area contributed by atoms with Gasteiger partial charge in [-0.1, -0.05) is 30.3 Å². The molecule has 0 atom stereocenters. The zero-order chi connectivity index (χ0) is 14.3. The molecule has 0 bridgehead atoms. The molecule has 2 N–H and O–H groups in total. The van der Waals surface area contributed by atoms with E-state index in [1.54, 1.807) is 37.3 Å². The van der Waals surface area contributed by atoms with Crippen LogP contribution in [0.25, 0.3) is 0 Å². The van der Waals surface area contributed by atoms with Crippen LogP contribution < -0.4 is 0 Å². The van der Waals surface area contributed by atoms with Gasteiger partial charge in [0.05, 0.1) is 6.61 Å². The summed E-state index contributed by atoms with van der Waals surface area (Å²) >= 11 is 0. The van der Waals surface area contributed by atoms with Crippen molar-refractivity contribution < 1.29 is 29.3 Å². The van der Waals surface area contributed by atoms with E-state index in [4.69, 9.17) is 9.84 Å². The van der Waals surface area contributed by atoms with E-state index < -0.39 is 23.5 Å². The van der Waals surface area contributed by atoms with Crippen LogP contribution in [0.1, 0.15) is 12.5 Å². The van der Waals surface area contributed by atoms with Crippen LogP contribution in [0.3, 0.4) is 0 Å². The van der Waals surface area contributed by atoms with Gasteiger partial charge in [0.15, 0.2) is 0 Å². The summed E-state index contributed by atoms with van der Waals surface area (Å²) in [5, 5.41) is 18.0. The lowest BCUT2D eigenvalue weighted by atomic mass is 10.2. The molecule has 0 aliphatic heterocycles. The Morgan fingerprint density at radius 3 is 2.26 bits per heavy atom. The van der Waals surface area contributed by atoms with Gasteiger partial charge in [-0.2, -0.15) is 0 Å². The molecule has 0 heterocycles. The number of aliphatic hydroxyl groups is 1. The van der Waals surface area contributed by atoms with E-state index in [1.807, 2.05) is 0 Å². The summed E-state index contributed by atoms with van der Waals surface area (Å²) in [6.45, 7) is 1.56. The molecular formula is C13H14O6. The molecule has 0 aromatic heterocycles. The lowest BCUT2D eigenvalue weighted by Gasteiger charge is -2.10. The maximum atomic E-state index is 11.5. The van der Waals surface area contributed by atoms with E-state index in [1.165, 1.54) is 0 Å². The summed E-state index contributed by atoms with van der Waals surface area (Å²) in [5.41, 5.74) is 0.725. The van der Waals surface area contributed by atoms with Gasteiger partial charge in [-0.25, -0.2) is 9.59 Å². The molecule has 1 aromatic carbocycles. The Bertz CT molecular complexity index is 477. The van der Waals surface area contributed by atoms with Gasteiger partial charge in [0.1, 0.15) is 6.61 Å². The molecule has 0 spiro atoms. The molecule has 1 aromatic rings.